The molecule has 0 fully saturated rings. The molecule has 2 N–H and O–H groups in total. The van der Waals surface area contributed by atoms with Gasteiger partial charge in [0.1, 0.15) is 24.0 Å². The normalized spacial score (nSPS) is 16.5. The van der Waals surface area contributed by atoms with Gasteiger partial charge in [0.05, 0.1) is 13.2 Å². The van der Waals surface area contributed by atoms with E-state index in [1.165, 1.54) is 12.1 Å². The molecule has 2 aromatic rings. The van der Waals surface area contributed by atoms with Crippen molar-refractivity contribution in [3.8, 4) is 5.75 Å². The monoisotopic (exact) mass is 390 g/mol. The van der Waals surface area contributed by atoms with Crippen molar-refractivity contribution in [3.63, 3.8) is 0 Å². The first-order valence-electron chi connectivity index (χ1n) is 9.45. The molecule has 0 saturated carbocycles. The molecule has 0 bridgehead atoms. The van der Waals surface area contributed by atoms with Crippen LogP contribution in [0.3, 0.4) is 0 Å². The van der Waals surface area contributed by atoms with Crippen LogP contribution in [-0.4, -0.2) is 54.1 Å². The number of benzene rings is 1. The van der Waals surface area contributed by atoms with Gasteiger partial charge in [-0.25, -0.2) is 14.1 Å². The van der Waals surface area contributed by atoms with Gasteiger partial charge in [0.25, 0.3) is 0 Å². The Bertz CT molecular complexity index is 777. The summed E-state index contributed by atoms with van der Waals surface area (Å²) in [5, 5.41) is 11.2. The van der Waals surface area contributed by atoms with Crippen LogP contribution in [0.1, 0.15) is 24.5 Å². The smallest absolute Gasteiger partial charge is 0.191 e. The Morgan fingerprint density at radius 3 is 2.93 bits per heavy atom. The number of guanidine groups is 1. The molecule has 0 aliphatic carbocycles. The average molecular weight is 390 g/mol. The number of nitrogens with one attached hydrogen (secondary N) is 2. The SMILES string of the molecule is CN=C(NCCCOc1ccc(F)cc1)NC1CCc2nc(COC)nn2C1. The summed E-state index contributed by atoms with van der Waals surface area (Å²) in [6.45, 7) is 2.45. The molecular weight excluding hydrogens is 363 g/mol. The number of aliphatic imine (C=N–C) groups is 1. The Hall–Kier alpha value is -2.68. The second kappa shape index (κ2) is 10.0. The molecule has 0 radical (unpaired) electrons. The van der Waals surface area contributed by atoms with Crippen molar-refractivity contribution in [3.05, 3.63) is 41.7 Å². The van der Waals surface area contributed by atoms with Gasteiger partial charge in [-0.3, -0.25) is 4.99 Å². The maximum absolute atomic E-state index is 12.9. The van der Waals surface area contributed by atoms with Crippen LogP contribution in [-0.2, 0) is 24.3 Å². The van der Waals surface area contributed by atoms with Gasteiger partial charge in [-0.05, 0) is 37.1 Å². The predicted octanol–water partition coefficient (Wildman–Crippen LogP) is 1.51. The summed E-state index contributed by atoms with van der Waals surface area (Å²) in [7, 11) is 3.40. The summed E-state index contributed by atoms with van der Waals surface area (Å²) in [4.78, 5) is 8.78. The van der Waals surface area contributed by atoms with E-state index in [2.05, 4.69) is 25.7 Å². The molecular formula is C19H27FN6O2. The standard InChI is InChI=1S/C19H27FN6O2/c1-21-19(22-10-3-11-28-16-7-4-14(20)5-8-16)23-15-6-9-18-24-17(13-27-2)25-26(18)12-15/h4-5,7-8,15H,3,6,9-13H2,1-2H3,(H2,21,22,23). The number of ether oxygens (including phenoxy) is 2. The molecule has 2 heterocycles. The van der Waals surface area contributed by atoms with Gasteiger partial charge < -0.3 is 20.1 Å². The maximum atomic E-state index is 12.9. The maximum Gasteiger partial charge on any atom is 0.191 e. The van der Waals surface area contributed by atoms with E-state index in [1.54, 1.807) is 26.3 Å². The summed E-state index contributed by atoms with van der Waals surface area (Å²) in [5.41, 5.74) is 0. The Morgan fingerprint density at radius 1 is 1.36 bits per heavy atom. The second-order valence-corrected chi connectivity index (χ2v) is 6.59. The highest BCUT2D eigenvalue weighted by Crippen LogP contribution is 2.13. The van der Waals surface area contributed by atoms with Gasteiger partial charge in [-0.2, -0.15) is 5.10 Å². The summed E-state index contributed by atoms with van der Waals surface area (Å²) in [6, 6.07) is 6.28. The van der Waals surface area contributed by atoms with Crippen LogP contribution in [0, 0.1) is 5.82 Å². The van der Waals surface area contributed by atoms with E-state index in [9.17, 15) is 4.39 Å². The molecule has 0 spiro atoms. The van der Waals surface area contributed by atoms with Crippen LogP contribution in [0.15, 0.2) is 29.3 Å². The van der Waals surface area contributed by atoms with Gasteiger partial charge in [0.2, 0.25) is 0 Å². The lowest BCUT2D eigenvalue weighted by Crippen LogP contribution is -2.47. The lowest BCUT2D eigenvalue weighted by molar-refractivity contribution is 0.177. The summed E-state index contributed by atoms with van der Waals surface area (Å²) >= 11 is 0. The van der Waals surface area contributed by atoms with Crippen molar-refractivity contribution >= 4 is 5.96 Å². The predicted molar refractivity (Wildman–Crippen MR) is 104 cm³/mol. The highest BCUT2D eigenvalue weighted by Gasteiger charge is 2.22. The molecule has 1 atom stereocenters. The van der Waals surface area contributed by atoms with Crippen molar-refractivity contribution in [2.45, 2.75) is 38.5 Å². The quantitative estimate of drug-likeness (QED) is 0.404. The van der Waals surface area contributed by atoms with E-state index in [1.807, 2.05) is 4.68 Å². The van der Waals surface area contributed by atoms with E-state index in [0.717, 1.165) is 50.0 Å². The van der Waals surface area contributed by atoms with Gasteiger partial charge in [0, 0.05) is 33.2 Å². The molecule has 1 aliphatic rings. The zero-order valence-corrected chi connectivity index (χ0v) is 16.3. The summed E-state index contributed by atoms with van der Waals surface area (Å²) in [5.74, 6) is 2.89. The minimum Gasteiger partial charge on any atom is -0.494 e. The van der Waals surface area contributed by atoms with Crippen molar-refractivity contribution in [2.75, 3.05) is 27.3 Å². The van der Waals surface area contributed by atoms with Gasteiger partial charge >= 0.3 is 0 Å². The minimum absolute atomic E-state index is 0.242. The molecule has 28 heavy (non-hydrogen) atoms. The summed E-state index contributed by atoms with van der Waals surface area (Å²) < 4.78 is 25.5. The number of hydrogen-bond donors (Lipinski definition) is 2. The van der Waals surface area contributed by atoms with Crippen molar-refractivity contribution in [2.24, 2.45) is 4.99 Å². The molecule has 1 aliphatic heterocycles. The van der Waals surface area contributed by atoms with Crippen molar-refractivity contribution < 1.29 is 13.9 Å². The first kappa shape index (κ1) is 20.1. The number of methoxy groups -OCH3 is 1. The number of rotatable bonds is 8. The van der Waals surface area contributed by atoms with E-state index >= 15 is 0 Å². The third-order valence-electron chi connectivity index (χ3n) is 4.44. The molecule has 1 aromatic heterocycles. The van der Waals surface area contributed by atoms with E-state index in [-0.39, 0.29) is 11.9 Å². The van der Waals surface area contributed by atoms with Crippen molar-refractivity contribution in [1.29, 1.82) is 0 Å². The first-order valence-corrected chi connectivity index (χ1v) is 9.45. The molecule has 1 unspecified atom stereocenters. The molecule has 8 nitrogen and oxygen atoms in total. The fourth-order valence-electron chi connectivity index (χ4n) is 3.06. The van der Waals surface area contributed by atoms with Crippen LogP contribution in [0.4, 0.5) is 4.39 Å². The Labute approximate surface area is 164 Å². The third kappa shape index (κ3) is 5.66. The van der Waals surface area contributed by atoms with Crippen LogP contribution < -0.4 is 15.4 Å². The minimum atomic E-state index is -0.264. The average Bonchev–Trinajstić information content (AvgIpc) is 3.10. The lowest BCUT2D eigenvalue weighted by Gasteiger charge is -2.25. The fraction of sp³-hybridized carbons (Fsp3) is 0.526. The number of hydrogen-bond acceptors (Lipinski definition) is 5. The Balaban J connectivity index is 1.38. The zero-order chi connectivity index (χ0) is 19.8. The van der Waals surface area contributed by atoms with Crippen LogP contribution in [0.5, 0.6) is 5.75 Å². The van der Waals surface area contributed by atoms with E-state index in [0.29, 0.717) is 19.0 Å². The van der Waals surface area contributed by atoms with Crippen LogP contribution in [0.2, 0.25) is 0 Å². The molecule has 0 amide bonds. The van der Waals surface area contributed by atoms with Crippen LogP contribution >= 0.6 is 0 Å². The Kier molecular flexibility index (Phi) is 7.18. The third-order valence-corrected chi connectivity index (χ3v) is 4.44. The number of fused-ring (bicyclic) bond motifs is 1. The highest BCUT2D eigenvalue weighted by atomic mass is 19.1. The van der Waals surface area contributed by atoms with E-state index in [4.69, 9.17) is 9.47 Å². The first-order chi connectivity index (χ1) is 13.7. The fourth-order valence-corrected chi connectivity index (χ4v) is 3.06. The number of aromatic nitrogens is 3. The highest BCUT2D eigenvalue weighted by molar-refractivity contribution is 5.79. The Morgan fingerprint density at radius 2 is 2.18 bits per heavy atom. The van der Waals surface area contributed by atoms with Gasteiger partial charge in [-0.15, -0.1) is 0 Å². The largest absolute Gasteiger partial charge is 0.494 e. The molecule has 152 valence electrons. The molecule has 3 rings (SSSR count). The number of aryl methyl sites for hydroxylation is 1. The van der Waals surface area contributed by atoms with Gasteiger partial charge in [-0.1, -0.05) is 0 Å². The van der Waals surface area contributed by atoms with Crippen molar-refractivity contribution in [1.82, 2.24) is 25.4 Å². The number of halogens is 1. The topological polar surface area (TPSA) is 85.6 Å². The van der Waals surface area contributed by atoms with Gasteiger partial charge in [0.15, 0.2) is 11.8 Å². The molecule has 9 heteroatoms. The lowest BCUT2D eigenvalue weighted by atomic mass is 10.1. The zero-order valence-electron chi connectivity index (χ0n) is 16.3. The number of nitrogens with zero attached hydrogens (tertiary/aromatic N) is 4. The summed E-state index contributed by atoms with van der Waals surface area (Å²) in [6.07, 6.45) is 2.65. The molecule has 0 saturated heterocycles. The second-order valence-electron chi connectivity index (χ2n) is 6.59. The molecule has 1 aromatic carbocycles. The van der Waals surface area contributed by atoms with Crippen LogP contribution in [0.25, 0.3) is 0 Å². The van der Waals surface area contributed by atoms with E-state index < -0.39 is 0 Å².